The molecule has 0 bridgehead atoms. The third-order valence-corrected chi connectivity index (χ3v) is 6.08. The molecule has 3 rings (SSSR count). The van der Waals surface area contributed by atoms with Gasteiger partial charge >= 0.3 is 0 Å². The molecular formula is C22H22Cl2N10O3. The number of carbonyl (C=O) groups is 1. The van der Waals surface area contributed by atoms with Gasteiger partial charge in [-0.05, 0) is 48.2 Å². The van der Waals surface area contributed by atoms with Crippen molar-refractivity contribution in [3.63, 3.8) is 0 Å². The van der Waals surface area contributed by atoms with Crippen LogP contribution in [-0.2, 0) is 13.2 Å². The molecule has 0 aliphatic carbocycles. The van der Waals surface area contributed by atoms with Gasteiger partial charge in [0, 0.05) is 38.2 Å². The predicted octanol–water partition coefficient (Wildman–Crippen LogP) is 6.38. The number of benzene rings is 1. The van der Waals surface area contributed by atoms with Gasteiger partial charge in [0.2, 0.25) is 0 Å². The lowest BCUT2D eigenvalue weighted by atomic mass is 10.1. The van der Waals surface area contributed by atoms with E-state index < -0.39 is 11.9 Å². The first-order chi connectivity index (χ1) is 18.0. The third kappa shape index (κ3) is 7.25. The number of halogens is 2. The molecule has 13 nitrogen and oxygen atoms in total. The molecule has 0 unspecified atom stereocenters. The third-order valence-electron chi connectivity index (χ3n) is 5.37. The second kappa shape index (κ2) is 13.9. The van der Waals surface area contributed by atoms with Gasteiger partial charge in [0.15, 0.2) is 11.4 Å². The van der Waals surface area contributed by atoms with Crippen LogP contribution in [0.15, 0.2) is 51.9 Å². The van der Waals surface area contributed by atoms with Gasteiger partial charge in [-0.15, -0.1) is 0 Å². The summed E-state index contributed by atoms with van der Waals surface area (Å²) in [6.07, 6.45) is 3.29. The Bertz CT molecular complexity index is 1350. The molecule has 1 N–H and O–H groups in total. The summed E-state index contributed by atoms with van der Waals surface area (Å²) in [7, 11) is 0. The lowest BCUT2D eigenvalue weighted by molar-refractivity contribution is 0.0929. The zero-order chi connectivity index (χ0) is 26.6. The van der Waals surface area contributed by atoms with E-state index in [9.17, 15) is 9.70 Å². The summed E-state index contributed by atoms with van der Waals surface area (Å²) in [6.45, 7) is 0.0563. The number of unbranched alkanes of at least 4 members (excludes halogenated alkanes) is 1. The van der Waals surface area contributed by atoms with Gasteiger partial charge in [0.25, 0.3) is 5.91 Å². The highest BCUT2D eigenvalue weighted by molar-refractivity contribution is 6.35. The van der Waals surface area contributed by atoms with Gasteiger partial charge in [-0.1, -0.05) is 51.1 Å². The van der Waals surface area contributed by atoms with E-state index in [1.165, 1.54) is 4.40 Å². The Morgan fingerprint density at radius 1 is 1.14 bits per heavy atom. The number of azide groups is 2. The molecule has 3 aromatic rings. The van der Waals surface area contributed by atoms with Crippen molar-refractivity contribution < 1.29 is 9.53 Å². The Kier molecular flexibility index (Phi) is 10.4. The predicted molar refractivity (Wildman–Crippen MR) is 139 cm³/mol. The molecule has 2 heterocycles. The number of hydrogen-bond donors (Lipinski definition) is 1. The van der Waals surface area contributed by atoms with Gasteiger partial charge in [-0.2, -0.15) is 4.91 Å². The zero-order valence-electron chi connectivity index (χ0n) is 19.5. The largest absolute Gasteiger partial charge is 0.485 e. The van der Waals surface area contributed by atoms with Crippen molar-refractivity contribution in [1.82, 2.24) is 14.7 Å². The molecular weight excluding hydrogens is 523 g/mol. The molecule has 2 aromatic heterocycles. The van der Waals surface area contributed by atoms with Crippen LogP contribution in [0, 0.1) is 4.91 Å². The van der Waals surface area contributed by atoms with E-state index in [1.54, 1.807) is 36.5 Å². The van der Waals surface area contributed by atoms with Crippen LogP contribution in [0.3, 0.4) is 0 Å². The minimum Gasteiger partial charge on any atom is -0.485 e. The number of nitrogens with one attached hydrogen (secondary N) is 1. The molecule has 0 aliphatic heterocycles. The lowest BCUT2D eigenvalue weighted by Gasteiger charge is -2.16. The molecule has 192 valence electrons. The fourth-order valence-electron chi connectivity index (χ4n) is 3.64. The number of nitroso groups, excluding NO2 is 1. The van der Waals surface area contributed by atoms with Crippen molar-refractivity contribution in [3.05, 3.63) is 89.3 Å². The normalized spacial score (nSPS) is 11.3. The van der Waals surface area contributed by atoms with Crippen LogP contribution in [0.2, 0.25) is 10.0 Å². The van der Waals surface area contributed by atoms with Crippen molar-refractivity contribution in [1.29, 1.82) is 0 Å². The molecule has 0 saturated carbocycles. The number of pyridine rings is 1. The number of imidazole rings is 1. The Morgan fingerprint density at radius 3 is 2.59 bits per heavy atom. The number of nitrogens with zero attached hydrogens (tertiary/aromatic N) is 9. The van der Waals surface area contributed by atoms with Gasteiger partial charge in [-0.25, -0.2) is 4.98 Å². The minimum absolute atomic E-state index is 0.0567. The average Bonchev–Trinajstić information content (AvgIpc) is 3.26. The molecule has 1 atom stereocenters. The van der Waals surface area contributed by atoms with Crippen molar-refractivity contribution >= 4 is 34.8 Å². The summed E-state index contributed by atoms with van der Waals surface area (Å²) >= 11 is 12.5. The molecule has 37 heavy (non-hydrogen) atoms. The Hall–Kier alpha value is -4.02. The van der Waals surface area contributed by atoms with Crippen molar-refractivity contribution in [2.45, 2.75) is 38.5 Å². The molecule has 1 aromatic carbocycles. The van der Waals surface area contributed by atoms with Gasteiger partial charge in [0.05, 0.1) is 18.3 Å². The first kappa shape index (κ1) is 27.6. The molecule has 0 radical (unpaired) electrons. The van der Waals surface area contributed by atoms with E-state index in [-0.39, 0.29) is 31.1 Å². The smallest absolute Gasteiger partial charge is 0.270 e. The van der Waals surface area contributed by atoms with Crippen LogP contribution in [0.4, 0.5) is 0 Å². The fourth-order valence-corrected chi connectivity index (χ4v) is 4.15. The summed E-state index contributed by atoms with van der Waals surface area (Å²) < 4.78 is 7.47. The molecule has 0 spiro atoms. The topological polar surface area (TPSA) is 183 Å². The Balaban J connectivity index is 1.88. The van der Waals surface area contributed by atoms with E-state index >= 15 is 0 Å². The molecule has 1 amide bonds. The Morgan fingerprint density at radius 2 is 1.89 bits per heavy atom. The average molecular weight is 545 g/mol. The van der Waals surface area contributed by atoms with E-state index in [2.05, 4.69) is 35.5 Å². The maximum absolute atomic E-state index is 13.3. The maximum atomic E-state index is 13.3. The summed E-state index contributed by atoms with van der Waals surface area (Å²) in [6, 6.07) is 7.93. The van der Waals surface area contributed by atoms with Crippen LogP contribution in [0.5, 0.6) is 5.75 Å². The zero-order valence-corrected chi connectivity index (χ0v) is 21.0. The number of amides is 1. The van der Waals surface area contributed by atoms with E-state index in [0.29, 0.717) is 52.8 Å². The summed E-state index contributed by atoms with van der Waals surface area (Å²) in [5.41, 5.74) is 18.5. The molecule has 0 fully saturated rings. The molecule has 0 saturated heterocycles. The van der Waals surface area contributed by atoms with Gasteiger partial charge in [0.1, 0.15) is 18.8 Å². The number of carbonyl (C=O) groups excluding carboxylic acids is 1. The fraction of sp³-hybridized carbons (Fsp3) is 0.364. The van der Waals surface area contributed by atoms with Crippen LogP contribution in [0.1, 0.15) is 41.0 Å². The van der Waals surface area contributed by atoms with Crippen LogP contribution < -0.4 is 10.1 Å². The highest BCUT2D eigenvalue weighted by Crippen LogP contribution is 2.28. The van der Waals surface area contributed by atoms with Crippen molar-refractivity contribution in [2.24, 2.45) is 15.4 Å². The van der Waals surface area contributed by atoms with Crippen molar-refractivity contribution in [2.75, 3.05) is 13.1 Å². The lowest BCUT2D eigenvalue weighted by Crippen LogP contribution is -2.38. The maximum Gasteiger partial charge on any atom is 0.270 e. The first-order valence-corrected chi connectivity index (χ1v) is 11.9. The number of ether oxygens (including phenoxy) is 1. The monoisotopic (exact) mass is 544 g/mol. The Labute approximate surface area is 221 Å². The van der Waals surface area contributed by atoms with Crippen LogP contribution >= 0.6 is 23.2 Å². The second-order valence-corrected chi connectivity index (χ2v) is 8.60. The molecule has 0 aliphatic rings. The summed E-state index contributed by atoms with van der Waals surface area (Å²) in [5.74, 6) is -0.172. The van der Waals surface area contributed by atoms with Crippen LogP contribution in [0.25, 0.3) is 26.5 Å². The number of hydrogen-bond acceptors (Lipinski definition) is 7. The van der Waals surface area contributed by atoms with Gasteiger partial charge in [-0.3, -0.25) is 9.20 Å². The summed E-state index contributed by atoms with van der Waals surface area (Å²) in [4.78, 5) is 34.2. The minimum atomic E-state index is -0.546. The van der Waals surface area contributed by atoms with E-state index in [4.69, 9.17) is 39.0 Å². The highest BCUT2D eigenvalue weighted by atomic mass is 35.5. The number of rotatable bonds is 14. The van der Waals surface area contributed by atoms with E-state index in [1.807, 2.05) is 0 Å². The molecule has 15 heteroatoms. The number of aromatic nitrogens is 2. The van der Waals surface area contributed by atoms with Gasteiger partial charge < -0.3 is 10.1 Å². The van der Waals surface area contributed by atoms with Crippen LogP contribution in [-0.4, -0.2) is 34.4 Å². The number of fused-ring (bicyclic) bond motifs is 1. The van der Waals surface area contributed by atoms with Crippen molar-refractivity contribution in [3.8, 4) is 5.75 Å². The highest BCUT2D eigenvalue weighted by Gasteiger charge is 2.23. The first-order valence-electron chi connectivity index (χ1n) is 11.2. The summed E-state index contributed by atoms with van der Waals surface area (Å²) in [5, 5.41) is 13.7. The van der Waals surface area contributed by atoms with E-state index in [0.717, 1.165) is 0 Å². The standard InChI is InChI=1S/C22H22Cl2N10O3/c23-16-6-3-7-17(24)15(16)13-37-19-8-4-10-34-20(18(12-28-33-26)31-21(19)34)22(35)30-14(11-29-36)5-1-2-9-27-32-25/h3-4,6-8,10,14H,1-2,5,9,11-13H2,(H,30,35)/t14-/m1/s1. The SMILES string of the molecule is [N-]=[N+]=NCCCC[C@H](CN=O)NC(=O)c1c(CN=[N+]=[N-])nc2c(OCc3c(Cl)cccc3Cl)cccn12. The quantitative estimate of drug-likeness (QED) is 0.0811. The second-order valence-electron chi connectivity index (χ2n) is 7.78.